The van der Waals surface area contributed by atoms with Crippen LogP contribution in [0.2, 0.25) is 0 Å². The number of carbonyl (C=O) groups is 1. The zero-order valence-corrected chi connectivity index (χ0v) is 13.7. The summed E-state index contributed by atoms with van der Waals surface area (Å²) in [7, 11) is 0. The number of rotatable bonds is 6. The van der Waals surface area contributed by atoms with Gasteiger partial charge in [-0.3, -0.25) is 9.78 Å². The van der Waals surface area contributed by atoms with E-state index in [9.17, 15) is 4.79 Å². The van der Waals surface area contributed by atoms with Crippen molar-refractivity contribution in [3.8, 4) is 0 Å². The second-order valence-corrected chi connectivity index (χ2v) is 6.08. The predicted octanol–water partition coefficient (Wildman–Crippen LogP) is 2.71. The maximum Gasteiger partial charge on any atom is 0.267 e. The highest BCUT2D eigenvalue weighted by molar-refractivity contribution is 6.05. The molecule has 3 rings (SSSR count). The Balaban J connectivity index is 1.47. The van der Waals surface area contributed by atoms with Crippen molar-refractivity contribution in [2.75, 3.05) is 6.54 Å². The van der Waals surface area contributed by atoms with Gasteiger partial charge in [-0.05, 0) is 37.5 Å². The van der Waals surface area contributed by atoms with E-state index in [0.717, 1.165) is 29.8 Å². The fraction of sp³-hybridized carbons (Fsp3) is 0.316. The third-order valence-electron chi connectivity index (χ3n) is 4.07. The summed E-state index contributed by atoms with van der Waals surface area (Å²) in [4.78, 5) is 22.2. The summed E-state index contributed by atoms with van der Waals surface area (Å²) in [6.07, 6.45) is 3.93. The van der Waals surface area contributed by atoms with E-state index in [1.54, 1.807) is 13.1 Å². The van der Waals surface area contributed by atoms with Crippen LogP contribution in [-0.2, 0) is 16.1 Å². The molecule has 1 unspecified atom stereocenters. The quantitative estimate of drug-likeness (QED) is 0.831. The molecular weight excluding hydrogens is 302 g/mol. The van der Waals surface area contributed by atoms with Gasteiger partial charge in [0.15, 0.2) is 0 Å². The molecule has 5 heteroatoms. The van der Waals surface area contributed by atoms with Crippen LogP contribution in [-0.4, -0.2) is 28.7 Å². The molecule has 0 bridgehead atoms. The lowest BCUT2D eigenvalue weighted by molar-refractivity contribution is -0.141. The van der Waals surface area contributed by atoms with Crippen molar-refractivity contribution in [3.63, 3.8) is 0 Å². The van der Waals surface area contributed by atoms with Crippen LogP contribution in [0.25, 0.3) is 0 Å². The van der Waals surface area contributed by atoms with Crippen molar-refractivity contribution in [2.45, 2.75) is 31.8 Å². The number of oxime groups is 1. The van der Waals surface area contributed by atoms with Crippen LogP contribution in [0.1, 0.15) is 31.0 Å². The number of aryl methyl sites for hydroxylation is 1. The molecule has 1 aliphatic heterocycles. The molecule has 1 aromatic carbocycles. The topological polar surface area (TPSA) is 63.6 Å². The van der Waals surface area contributed by atoms with Gasteiger partial charge in [0.1, 0.15) is 0 Å². The molecule has 0 fully saturated rings. The first-order chi connectivity index (χ1) is 11.7. The first kappa shape index (κ1) is 16.2. The minimum Gasteiger partial charge on any atom is -0.379 e. The summed E-state index contributed by atoms with van der Waals surface area (Å²) in [5.41, 5.74) is 1.89. The van der Waals surface area contributed by atoms with Gasteiger partial charge < -0.3 is 10.2 Å². The van der Waals surface area contributed by atoms with Gasteiger partial charge in [0.05, 0.1) is 5.71 Å². The Bertz CT molecular complexity index is 716. The Kier molecular flexibility index (Phi) is 4.89. The molecule has 2 aromatic rings. The van der Waals surface area contributed by atoms with E-state index in [1.807, 2.05) is 48.5 Å². The van der Waals surface area contributed by atoms with E-state index >= 15 is 0 Å². The molecule has 0 radical (unpaired) electrons. The van der Waals surface area contributed by atoms with Crippen LogP contribution in [0.15, 0.2) is 59.9 Å². The first-order valence-electron chi connectivity index (χ1n) is 8.16. The number of aromatic nitrogens is 1. The van der Waals surface area contributed by atoms with Crippen LogP contribution in [0.3, 0.4) is 0 Å². The predicted molar refractivity (Wildman–Crippen MR) is 92.7 cm³/mol. The fourth-order valence-corrected chi connectivity index (χ4v) is 2.65. The van der Waals surface area contributed by atoms with Gasteiger partial charge in [0, 0.05) is 24.9 Å². The molecule has 1 N–H and O–H groups in total. The lowest BCUT2D eigenvalue weighted by atomic mass is 9.95. The lowest BCUT2D eigenvalue weighted by Gasteiger charge is -2.20. The fourth-order valence-electron chi connectivity index (χ4n) is 2.65. The monoisotopic (exact) mass is 323 g/mol. The van der Waals surface area contributed by atoms with Crippen molar-refractivity contribution < 1.29 is 9.63 Å². The van der Waals surface area contributed by atoms with Crippen molar-refractivity contribution in [1.29, 1.82) is 0 Å². The zero-order chi connectivity index (χ0) is 16.8. The molecule has 1 aromatic heterocycles. The third kappa shape index (κ3) is 3.79. The van der Waals surface area contributed by atoms with Crippen LogP contribution in [0, 0.1) is 0 Å². The smallest absolute Gasteiger partial charge is 0.267 e. The summed E-state index contributed by atoms with van der Waals surface area (Å²) in [5, 5.41) is 7.04. The normalized spacial score (nSPS) is 19.5. The van der Waals surface area contributed by atoms with Crippen molar-refractivity contribution in [3.05, 3.63) is 66.0 Å². The number of hydrogen-bond acceptors (Lipinski definition) is 4. The van der Waals surface area contributed by atoms with Gasteiger partial charge in [-0.2, -0.15) is 0 Å². The van der Waals surface area contributed by atoms with Gasteiger partial charge in [0.2, 0.25) is 5.60 Å². The van der Waals surface area contributed by atoms with Crippen LogP contribution < -0.4 is 5.32 Å². The van der Waals surface area contributed by atoms with Crippen LogP contribution in [0.5, 0.6) is 0 Å². The molecule has 0 aliphatic carbocycles. The molecule has 1 atom stereocenters. The molecule has 0 saturated carbocycles. The van der Waals surface area contributed by atoms with E-state index in [4.69, 9.17) is 4.84 Å². The number of hydrogen-bond donors (Lipinski definition) is 1. The van der Waals surface area contributed by atoms with E-state index in [-0.39, 0.29) is 5.91 Å². The van der Waals surface area contributed by atoms with Gasteiger partial charge in [-0.25, -0.2) is 0 Å². The number of benzene rings is 1. The Hall–Kier alpha value is -2.69. The van der Waals surface area contributed by atoms with Crippen LogP contribution in [0.4, 0.5) is 0 Å². The molecule has 5 nitrogen and oxygen atoms in total. The summed E-state index contributed by atoms with van der Waals surface area (Å²) < 4.78 is 0. The summed E-state index contributed by atoms with van der Waals surface area (Å²) in [5.74, 6) is -0.127. The van der Waals surface area contributed by atoms with Crippen molar-refractivity contribution >= 4 is 11.6 Å². The molecule has 24 heavy (non-hydrogen) atoms. The Morgan fingerprint density at radius 1 is 1.21 bits per heavy atom. The molecule has 0 spiro atoms. The maximum absolute atomic E-state index is 12.4. The second kappa shape index (κ2) is 7.25. The highest BCUT2D eigenvalue weighted by Crippen LogP contribution is 2.26. The lowest BCUT2D eigenvalue weighted by Crippen LogP contribution is -2.45. The van der Waals surface area contributed by atoms with Gasteiger partial charge in [0.25, 0.3) is 5.91 Å². The molecule has 124 valence electrons. The van der Waals surface area contributed by atoms with Crippen LogP contribution >= 0.6 is 0 Å². The largest absolute Gasteiger partial charge is 0.379 e. The minimum atomic E-state index is -0.934. The summed E-state index contributed by atoms with van der Waals surface area (Å²) >= 11 is 0. The van der Waals surface area contributed by atoms with Gasteiger partial charge in [-0.15, -0.1) is 0 Å². The number of amides is 1. The van der Waals surface area contributed by atoms with E-state index < -0.39 is 5.60 Å². The average molecular weight is 323 g/mol. The Labute approximate surface area is 141 Å². The average Bonchev–Trinajstić information content (AvgIpc) is 3.04. The van der Waals surface area contributed by atoms with E-state index in [0.29, 0.717) is 13.0 Å². The Morgan fingerprint density at radius 3 is 2.75 bits per heavy atom. The molecule has 1 amide bonds. The van der Waals surface area contributed by atoms with Crippen molar-refractivity contribution in [2.24, 2.45) is 5.16 Å². The summed E-state index contributed by atoms with van der Waals surface area (Å²) in [6, 6.07) is 15.6. The maximum atomic E-state index is 12.4. The molecule has 0 saturated heterocycles. The second-order valence-electron chi connectivity index (χ2n) is 6.08. The van der Waals surface area contributed by atoms with Gasteiger partial charge >= 0.3 is 0 Å². The highest BCUT2D eigenvalue weighted by atomic mass is 16.7. The third-order valence-corrected chi connectivity index (χ3v) is 4.07. The van der Waals surface area contributed by atoms with Gasteiger partial charge in [-0.1, -0.05) is 41.6 Å². The highest BCUT2D eigenvalue weighted by Gasteiger charge is 2.41. The zero-order valence-electron chi connectivity index (χ0n) is 13.7. The minimum absolute atomic E-state index is 0.127. The molecule has 2 heterocycles. The standard InChI is InChI=1S/C19H21N3O2/c1-19(14-17(22-24-19)15-8-3-2-4-9-15)18(23)21-13-7-11-16-10-5-6-12-20-16/h2-6,8-10,12H,7,11,13-14H2,1H3,(H,21,23). The number of nitrogens with zero attached hydrogens (tertiary/aromatic N) is 2. The van der Waals surface area contributed by atoms with E-state index in [1.165, 1.54) is 0 Å². The summed E-state index contributed by atoms with van der Waals surface area (Å²) in [6.45, 7) is 2.37. The van der Waals surface area contributed by atoms with Crippen molar-refractivity contribution in [1.82, 2.24) is 10.3 Å². The first-order valence-corrected chi connectivity index (χ1v) is 8.16. The Morgan fingerprint density at radius 2 is 2.00 bits per heavy atom. The SMILES string of the molecule is CC1(C(=O)NCCCc2ccccn2)CC(c2ccccc2)=NO1. The molecule has 1 aliphatic rings. The number of pyridine rings is 1. The molecular formula is C19H21N3O2. The number of carbonyl (C=O) groups excluding carboxylic acids is 1. The van der Waals surface area contributed by atoms with E-state index in [2.05, 4.69) is 15.5 Å². The number of nitrogens with one attached hydrogen (secondary N) is 1.